The number of aliphatic imine (C=N–C) groups is 1. The molecule has 0 fully saturated rings. The minimum Gasteiger partial charge on any atom is -0.454 e. The summed E-state index contributed by atoms with van der Waals surface area (Å²) >= 11 is 1.66. The zero-order valence-corrected chi connectivity index (χ0v) is 16.8. The standard InChI is InChI=1S/C17H24F2N4O4S/c1-23(2)15(24)9-22-17(20-4-5-28-3)21-8-11-6-13-14(26-10-25-13)7-12(11)27-16(18)19/h6-7,16H,4-5,8-10H2,1-3H3,(H2,20,21,22). The third-order valence-electron chi connectivity index (χ3n) is 3.68. The van der Waals surface area contributed by atoms with Gasteiger partial charge in [0.2, 0.25) is 12.7 Å². The molecular formula is C17H24F2N4O4S. The molecule has 11 heteroatoms. The van der Waals surface area contributed by atoms with Crippen molar-refractivity contribution in [1.82, 2.24) is 15.5 Å². The van der Waals surface area contributed by atoms with Gasteiger partial charge >= 0.3 is 6.61 Å². The molecular weight excluding hydrogens is 394 g/mol. The Balaban J connectivity index is 2.15. The number of rotatable bonds is 9. The summed E-state index contributed by atoms with van der Waals surface area (Å²) in [6.07, 6.45) is 1.97. The van der Waals surface area contributed by atoms with Gasteiger partial charge in [-0.3, -0.25) is 4.79 Å². The van der Waals surface area contributed by atoms with Crippen molar-refractivity contribution in [3.05, 3.63) is 17.7 Å². The SMILES string of the molecule is CSCCNC(=NCc1cc2c(cc1OC(F)F)OCO2)NCC(=O)N(C)C. The van der Waals surface area contributed by atoms with Crippen LogP contribution < -0.4 is 24.8 Å². The molecule has 2 N–H and O–H groups in total. The van der Waals surface area contributed by atoms with E-state index in [1.165, 1.54) is 11.0 Å². The lowest BCUT2D eigenvalue weighted by Crippen LogP contribution is -2.43. The number of guanidine groups is 1. The maximum absolute atomic E-state index is 12.7. The first-order valence-electron chi connectivity index (χ1n) is 8.49. The van der Waals surface area contributed by atoms with Crippen molar-refractivity contribution >= 4 is 23.6 Å². The van der Waals surface area contributed by atoms with Gasteiger partial charge in [-0.2, -0.15) is 20.5 Å². The lowest BCUT2D eigenvalue weighted by atomic mass is 10.1. The molecule has 2 rings (SSSR count). The predicted octanol–water partition coefficient (Wildman–Crippen LogP) is 1.50. The molecule has 156 valence electrons. The summed E-state index contributed by atoms with van der Waals surface area (Å²) in [5.41, 5.74) is 0.412. The van der Waals surface area contributed by atoms with Gasteiger partial charge in [0.25, 0.3) is 0 Å². The first-order valence-corrected chi connectivity index (χ1v) is 9.88. The third kappa shape index (κ3) is 6.63. The van der Waals surface area contributed by atoms with E-state index in [0.29, 0.717) is 29.6 Å². The number of fused-ring (bicyclic) bond motifs is 1. The van der Waals surface area contributed by atoms with E-state index >= 15 is 0 Å². The van der Waals surface area contributed by atoms with E-state index in [9.17, 15) is 13.6 Å². The van der Waals surface area contributed by atoms with Gasteiger partial charge in [0.1, 0.15) is 5.75 Å². The number of thioether (sulfide) groups is 1. The van der Waals surface area contributed by atoms with E-state index in [-0.39, 0.29) is 31.5 Å². The predicted molar refractivity (Wildman–Crippen MR) is 103 cm³/mol. The largest absolute Gasteiger partial charge is 0.454 e. The number of nitrogens with zero attached hydrogens (tertiary/aromatic N) is 2. The van der Waals surface area contributed by atoms with E-state index in [1.54, 1.807) is 31.9 Å². The van der Waals surface area contributed by atoms with Crippen molar-refractivity contribution in [3.8, 4) is 17.2 Å². The first-order chi connectivity index (χ1) is 13.4. The van der Waals surface area contributed by atoms with Crippen LogP contribution in [0.15, 0.2) is 17.1 Å². The lowest BCUT2D eigenvalue weighted by Gasteiger charge is -2.15. The molecule has 8 nitrogen and oxygen atoms in total. The summed E-state index contributed by atoms with van der Waals surface area (Å²) < 4.78 is 40.6. The topological polar surface area (TPSA) is 84.4 Å². The van der Waals surface area contributed by atoms with Crippen molar-refractivity contribution in [2.45, 2.75) is 13.2 Å². The molecule has 1 amide bonds. The van der Waals surface area contributed by atoms with Crippen LogP contribution in [0.5, 0.6) is 17.2 Å². The quantitative estimate of drug-likeness (QED) is 0.357. The molecule has 1 aliphatic heterocycles. The van der Waals surface area contributed by atoms with Gasteiger partial charge < -0.3 is 29.7 Å². The number of benzene rings is 1. The van der Waals surface area contributed by atoms with Crippen LogP contribution in [-0.2, 0) is 11.3 Å². The van der Waals surface area contributed by atoms with Gasteiger partial charge in [-0.25, -0.2) is 4.99 Å². The van der Waals surface area contributed by atoms with Crippen LogP contribution in [0.1, 0.15) is 5.56 Å². The Bertz CT molecular complexity index is 704. The Morgan fingerprint density at radius 3 is 2.68 bits per heavy atom. The fraction of sp³-hybridized carbons (Fsp3) is 0.529. The highest BCUT2D eigenvalue weighted by atomic mass is 32.2. The molecule has 0 unspecified atom stereocenters. The molecule has 0 saturated carbocycles. The molecule has 0 aliphatic carbocycles. The molecule has 0 spiro atoms. The van der Waals surface area contributed by atoms with Crippen LogP contribution in [0.3, 0.4) is 0 Å². The van der Waals surface area contributed by atoms with E-state index in [1.807, 2.05) is 6.26 Å². The smallest absolute Gasteiger partial charge is 0.387 e. The Hall–Kier alpha value is -2.43. The molecule has 1 aromatic rings. The van der Waals surface area contributed by atoms with Gasteiger partial charge in [0, 0.05) is 38.0 Å². The summed E-state index contributed by atoms with van der Waals surface area (Å²) in [7, 11) is 3.31. The van der Waals surface area contributed by atoms with E-state index < -0.39 is 6.61 Å². The minimum absolute atomic E-state index is 0.0197. The summed E-state index contributed by atoms with van der Waals surface area (Å²) in [6.45, 7) is -2.22. The van der Waals surface area contributed by atoms with Gasteiger partial charge in [0.05, 0.1) is 13.1 Å². The van der Waals surface area contributed by atoms with E-state index in [4.69, 9.17) is 9.47 Å². The molecule has 0 radical (unpaired) electrons. The number of halogens is 2. The third-order valence-corrected chi connectivity index (χ3v) is 4.30. The number of carbonyl (C=O) groups is 1. The highest BCUT2D eigenvalue weighted by Gasteiger charge is 2.20. The van der Waals surface area contributed by atoms with Gasteiger partial charge in [-0.1, -0.05) is 0 Å². The number of hydrogen-bond acceptors (Lipinski definition) is 6. The molecule has 1 aliphatic rings. The fourth-order valence-corrected chi connectivity index (χ4v) is 2.53. The number of nitrogens with one attached hydrogen (secondary N) is 2. The number of likely N-dealkylation sites (N-methyl/N-ethyl adjacent to an activating group) is 1. The molecule has 1 heterocycles. The summed E-state index contributed by atoms with van der Waals surface area (Å²) in [5.74, 6) is 1.87. The molecule has 0 atom stereocenters. The normalized spacial score (nSPS) is 12.9. The maximum Gasteiger partial charge on any atom is 0.387 e. The van der Waals surface area contributed by atoms with E-state index in [2.05, 4.69) is 20.4 Å². The first kappa shape index (κ1) is 21.9. The van der Waals surface area contributed by atoms with Crippen LogP contribution in [0.25, 0.3) is 0 Å². The molecule has 28 heavy (non-hydrogen) atoms. The summed E-state index contributed by atoms with van der Waals surface area (Å²) in [5, 5.41) is 6.04. The van der Waals surface area contributed by atoms with Crippen molar-refractivity contribution in [2.24, 2.45) is 4.99 Å². The molecule has 0 aromatic heterocycles. The van der Waals surface area contributed by atoms with Crippen molar-refractivity contribution in [3.63, 3.8) is 0 Å². The van der Waals surface area contributed by atoms with Gasteiger partial charge in [-0.15, -0.1) is 0 Å². The monoisotopic (exact) mass is 418 g/mol. The average Bonchev–Trinajstić information content (AvgIpc) is 3.09. The average molecular weight is 418 g/mol. The van der Waals surface area contributed by atoms with Crippen LogP contribution in [0.2, 0.25) is 0 Å². The van der Waals surface area contributed by atoms with Crippen molar-refractivity contribution < 1.29 is 27.8 Å². The second kappa shape index (κ2) is 10.8. The molecule has 0 saturated heterocycles. The van der Waals surface area contributed by atoms with Gasteiger partial charge in [0.15, 0.2) is 17.5 Å². The Labute approximate surface area is 166 Å². The number of hydrogen-bond donors (Lipinski definition) is 2. The molecule has 0 bridgehead atoms. The van der Waals surface area contributed by atoms with Crippen LogP contribution in [0, 0.1) is 0 Å². The lowest BCUT2D eigenvalue weighted by molar-refractivity contribution is -0.127. The minimum atomic E-state index is -2.97. The van der Waals surface area contributed by atoms with Crippen molar-refractivity contribution in [2.75, 3.05) is 46.0 Å². The Kier molecular flexibility index (Phi) is 8.42. The van der Waals surface area contributed by atoms with Crippen LogP contribution in [0.4, 0.5) is 8.78 Å². The van der Waals surface area contributed by atoms with E-state index in [0.717, 1.165) is 5.75 Å². The van der Waals surface area contributed by atoms with Gasteiger partial charge in [-0.05, 0) is 12.3 Å². The number of alkyl halides is 2. The van der Waals surface area contributed by atoms with Crippen LogP contribution >= 0.6 is 11.8 Å². The number of carbonyl (C=O) groups excluding carboxylic acids is 1. The summed E-state index contributed by atoms with van der Waals surface area (Å²) in [4.78, 5) is 17.6. The highest BCUT2D eigenvalue weighted by Crippen LogP contribution is 2.38. The zero-order valence-electron chi connectivity index (χ0n) is 16.0. The second-order valence-electron chi connectivity index (χ2n) is 5.92. The Morgan fingerprint density at radius 1 is 1.32 bits per heavy atom. The maximum atomic E-state index is 12.7. The second-order valence-corrected chi connectivity index (χ2v) is 6.90. The number of ether oxygens (including phenoxy) is 3. The molecule has 1 aromatic carbocycles. The number of amides is 1. The highest BCUT2D eigenvalue weighted by molar-refractivity contribution is 7.98. The zero-order chi connectivity index (χ0) is 20.5. The van der Waals surface area contributed by atoms with Crippen LogP contribution in [-0.4, -0.2) is 69.4 Å². The van der Waals surface area contributed by atoms with Crippen molar-refractivity contribution in [1.29, 1.82) is 0 Å². The summed E-state index contributed by atoms with van der Waals surface area (Å²) in [6, 6.07) is 2.93. The Morgan fingerprint density at radius 2 is 2.04 bits per heavy atom. The fourth-order valence-electron chi connectivity index (χ4n) is 2.22.